The lowest BCUT2D eigenvalue weighted by molar-refractivity contribution is -0.153. The number of pyridine rings is 1. The van der Waals surface area contributed by atoms with E-state index in [1.54, 1.807) is 7.11 Å². The number of hydrogen-bond donors (Lipinski definition) is 2. The molecule has 1 unspecified atom stereocenters. The molecular formula is C28H33ClN2O4S. The number of piperidine rings is 1. The number of benzene rings is 2. The van der Waals surface area contributed by atoms with Gasteiger partial charge in [0.2, 0.25) is 0 Å². The lowest BCUT2D eigenvalue weighted by Crippen LogP contribution is -2.45. The molecule has 0 saturated carbocycles. The maximum absolute atomic E-state index is 12.4. The molecular weight excluding hydrogens is 496 g/mol. The Morgan fingerprint density at radius 3 is 2.69 bits per heavy atom. The summed E-state index contributed by atoms with van der Waals surface area (Å²) in [5, 5.41) is 22.4. The number of aryl methyl sites for hydroxylation is 1. The quantitative estimate of drug-likeness (QED) is 0.313. The average Bonchev–Trinajstić information content (AvgIpc) is 2.88. The number of aliphatic carboxylic acids is 1. The van der Waals surface area contributed by atoms with Gasteiger partial charge in [0.1, 0.15) is 5.75 Å². The van der Waals surface area contributed by atoms with Crippen LogP contribution in [0.5, 0.6) is 5.75 Å². The van der Waals surface area contributed by atoms with Gasteiger partial charge in [-0.2, -0.15) is 0 Å². The predicted octanol–water partition coefficient (Wildman–Crippen LogP) is 5.98. The Balaban J connectivity index is 1.38. The topological polar surface area (TPSA) is 82.9 Å². The van der Waals surface area contributed by atoms with Gasteiger partial charge in [-0.1, -0.05) is 29.8 Å². The fraction of sp³-hybridized carbons (Fsp3) is 0.429. The van der Waals surface area contributed by atoms with E-state index in [2.05, 4.69) is 41.1 Å². The van der Waals surface area contributed by atoms with Crippen LogP contribution in [0.3, 0.4) is 0 Å². The molecule has 1 aliphatic rings. The van der Waals surface area contributed by atoms with Crippen LogP contribution in [-0.4, -0.2) is 58.6 Å². The Labute approximate surface area is 221 Å². The highest BCUT2D eigenvalue weighted by Crippen LogP contribution is 2.41. The summed E-state index contributed by atoms with van der Waals surface area (Å²) in [4.78, 5) is 20.4. The van der Waals surface area contributed by atoms with Crippen LogP contribution in [0.15, 0.2) is 53.6 Å². The molecule has 8 heteroatoms. The number of fused-ring (bicyclic) bond motifs is 1. The molecule has 1 saturated heterocycles. The monoisotopic (exact) mass is 528 g/mol. The number of rotatable bonds is 10. The van der Waals surface area contributed by atoms with Crippen molar-refractivity contribution in [3.8, 4) is 5.75 Å². The SMILES string of the molecule is COc1ccc2ncc(Cl)c(C(O)CCC3(C(=O)O)CCN(CCSc4ccccc4C)CC3)c2c1. The molecule has 1 aliphatic heterocycles. The Morgan fingerprint density at radius 2 is 2.00 bits per heavy atom. The second-order valence-electron chi connectivity index (χ2n) is 9.50. The highest BCUT2D eigenvalue weighted by Gasteiger charge is 2.41. The Kier molecular flexibility index (Phi) is 8.78. The number of likely N-dealkylation sites (tertiary alicyclic amines) is 1. The number of aliphatic hydroxyl groups is 1. The van der Waals surface area contributed by atoms with E-state index in [1.165, 1.54) is 16.7 Å². The van der Waals surface area contributed by atoms with Crippen LogP contribution < -0.4 is 4.74 Å². The smallest absolute Gasteiger partial charge is 0.309 e. The number of carboxylic acids is 1. The summed E-state index contributed by atoms with van der Waals surface area (Å²) in [7, 11) is 1.58. The van der Waals surface area contributed by atoms with Crippen LogP contribution in [0, 0.1) is 12.3 Å². The standard InChI is InChI=1S/C28H33ClN2O4S/c1-19-5-3-4-6-25(19)36-16-15-31-13-11-28(12-14-31,27(33)34)10-9-24(32)26-21-17-20(35-2)7-8-23(21)30-18-22(26)29/h3-8,17-18,24,32H,9-16H2,1-2H3,(H,33,34). The lowest BCUT2D eigenvalue weighted by Gasteiger charge is -2.39. The number of aromatic nitrogens is 1. The van der Waals surface area contributed by atoms with Gasteiger partial charge < -0.3 is 19.8 Å². The Bertz CT molecular complexity index is 1210. The van der Waals surface area contributed by atoms with Crippen molar-refractivity contribution in [2.75, 3.05) is 32.5 Å². The third-order valence-corrected chi connectivity index (χ3v) is 8.78. The third-order valence-electron chi connectivity index (χ3n) is 7.32. The van der Waals surface area contributed by atoms with Crippen molar-refractivity contribution in [1.29, 1.82) is 0 Å². The Morgan fingerprint density at radius 1 is 1.25 bits per heavy atom. The molecule has 2 N–H and O–H groups in total. The molecule has 1 aromatic heterocycles. The molecule has 4 rings (SSSR count). The largest absolute Gasteiger partial charge is 0.497 e. The molecule has 0 amide bonds. The lowest BCUT2D eigenvalue weighted by atomic mass is 9.74. The fourth-order valence-electron chi connectivity index (χ4n) is 4.97. The molecule has 0 spiro atoms. The van der Waals surface area contributed by atoms with Gasteiger partial charge in [0.05, 0.1) is 29.2 Å². The highest BCUT2D eigenvalue weighted by atomic mass is 35.5. The van der Waals surface area contributed by atoms with Crippen LogP contribution in [0.25, 0.3) is 10.9 Å². The van der Waals surface area contributed by atoms with Gasteiger partial charge >= 0.3 is 5.97 Å². The molecule has 6 nitrogen and oxygen atoms in total. The van der Waals surface area contributed by atoms with E-state index < -0.39 is 17.5 Å². The minimum atomic E-state index is -0.894. The van der Waals surface area contributed by atoms with Crippen LogP contribution in [-0.2, 0) is 4.79 Å². The van der Waals surface area contributed by atoms with Crippen molar-refractivity contribution in [3.63, 3.8) is 0 Å². The van der Waals surface area contributed by atoms with E-state index in [9.17, 15) is 15.0 Å². The average molecular weight is 529 g/mol. The fourth-order valence-corrected chi connectivity index (χ4v) is 6.29. The molecule has 1 atom stereocenters. The minimum absolute atomic E-state index is 0.311. The van der Waals surface area contributed by atoms with Crippen LogP contribution >= 0.6 is 23.4 Å². The summed E-state index contributed by atoms with van der Waals surface area (Å²) < 4.78 is 5.33. The zero-order chi connectivity index (χ0) is 25.7. The molecule has 2 heterocycles. The zero-order valence-corrected chi connectivity index (χ0v) is 22.3. The molecule has 0 radical (unpaired) electrons. The van der Waals surface area contributed by atoms with Gasteiger partial charge in [-0.3, -0.25) is 9.78 Å². The first-order valence-electron chi connectivity index (χ1n) is 12.3. The molecule has 3 aromatic rings. The highest BCUT2D eigenvalue weighted by molar-refractivity contribution is 7.99. The third kappa shape index (κ3) is 5.97. The molecule has 0 aliphatic carbocycles. The van der Waals surface area contributed by atoms with Crippen LogP contribution in [0.4, 0.5) is 0 Å². The molecule has 0 bridgehead atoms. The van der Waals surface area contributed by atoms with E-state index in [0.717, 1.165) is 30.8 Å². The van der Waals surface area contributed by atoms with Crippen LogP contribution in [0.1, 0.15) is 42.9 Å². The van der Waals surface area contributed by atoms with Crippen molar-refractivity contribution in [1.82, 2.24) is 9.88 Å². The first-order chi connectivity index (χ1) is 17.3. The minimum Gasteiger partial charge on any atom is -0.497 e. The summed E-state index contributed by atoms with van der Waals surface area (Å²) in [5.74, 6) is 0.840. The predicted molar refractivity (Wildman–Crippen MR) is 145 cm³/mol. The zero-order valence-electron chi connectivity index (χ0n) is 20.7. The number of carbonyl (C=O) groups is 1. The summed E-state index contributed by atoms with van der Waals surface area (Å²) in [6.45, 7) is 4.54. The van der Waals surface area contributed by atoms with E-state index in [4.69, 9.17) is 16.3 Å². The number of ether oxygens (including phenoxy) is 1. The summed E-state index contributed by atoms with van der Waals surface area (Å²) in [5.41, 5.74) is 1.73. The van der Waals surface area contributed by atoms with Crippen molar-refractivity contribution in [2.24, 2.45) is 5.41 Å². The molecule has 1 fully saturated rings. The van der Waals surface area contributed by atoms with Gasteiger partial charge in [-0.05, 0) is 75.5 Å². The number of methoxy groups -OCH3 is 1. The Hall–Kier alpha value is -2.32. The second-order valence-corrected chi connectivity index (χ2v) is 11.0. The van der Waals surface area contributed by atoms with E-state index >= 15 is 0 Å². The number of hydrogen-bond acceptors (Lipinski definition) is 6. The summed E-state index contributed by atoms with van der Waals surface area (Å²) in [6, 6.07) is 13.8. The van der Waals surface area contributed by atoms with Gasteiger partial charge in [0.15, 0.2) is 0 Å². The summed E-state index contributed by atoms with van der Waals surface area (Å²) >= 11 is 8.29. The van der Waals surface area contributed by atoms with Crippen molar-refractivity contribution < 1.29 is 19.7 Å². The normalized spacial score (nSPS) is 16.7. The number of aliphatic hydroxyl groups excluding tert-OH is 1. The van der Waals surface area contributed by atoms with Crippen molar-refractivity contribution in [3.05, 3.63) is 64.8 Å². The molecule has 2 aromatic carbocycles. The maximum atomic E-state index is 12.4. The summed E-state index contributed by atoms with van der Waals surface area (Å²) in [6.07, 6.45) is 2.49. The van der Waals surface area contributed by atoms with Gasteiger partial charge in [-0.15, -0.1) is 11.8 Å². The van der Waals surface area contributed by atoms with Crippen molar-refractivity contribution >= 4 is 40.2 Å². The van der Waals surface area contributed by atoms with Crippen LogP contribution in [0.2, 0.25) is 5.02 Å². The number of nitrogens with zero attached hydrogens (tertiary/aromatic N) is 2. The number of carboxylic acid groups (broad SMARTS) is 1. The van der Waals surface area contributed by atoms with Gasteiger partial charge in [0, 0.05) is 34.3 Å². The van der Waals surface area contributed by atoms with Gasteiger partial charge in [0.25, 0.3) is 0 Å². The van der Waals surface area contributed by atoms with E-state index in [-0.39, 0.29) is 0 Å². The molecule has 192 valence electrons. The second kappa shape index (κ2) is 11.8. The van der Waals surface area contributed by atoms with Gasteiger partial charge in [-0.25, -0.2) is 0 Å². The first-order valence-corrected chi connectivity index (χ1v) is 13.6. The van der Waals surface area contributed by atoms with Crippen molar-refractivity contribution in [2.45, 2.75) is 43.6 Å². The number of halogens is 1. The molecule has 36 heavy (non-hydrogen) atoms. The maximum Gasteiger partial charge on any atom is 0.309 e. The van der Waals surface area contributed by atoms with E-state index in [1.807, 2.05) is 30.0 Å². The van der Waals surface area contributed by atoms with E-state index in [0.29, 0.717) is 47.5 Å². The first kappa shape index (κ1) is 26.7. The number of thioether (sulfide) groups is 1.